The number of urea groups is 1. The van der Waals surface area contributed by atoms with Crippen LogP contribution in [-0.2, 0) is 0 Å². The lowest BCUT2D eigenvalue weighted by Crippen LogP contribution is -2.20. The van der Waals surface area contributed by atoms with Crippen LogP contribution in [0, 0.1) is 6.92 Å². The zero-order valence-electron chi connectivity index (χ0n) is 17.1. The minimum Gasteiger partial charge on any atom is -0.497 e. The van der Waals surface area contributed by atoms with Crippen LogP contribution in [-0.4, -0.2) is 39.8 Å². The number of methoxy groups -OCH3 is 2. The van der Waals surface area contributed by atoms with Gasteiger partial charge in [0, 0.05) is 16.7 Å². The highest BCUT2D eigenvalue weighted by Crippen LogP contribution is 2.34. The molecule has 0 unspecified atom stereocenters. The fourth-order valence-electron chi connectivity index (χ4n) is 2.93. The highest BCUT2D eigenvalue weighted by Gasteiger charge is 2.14. The summed E-state index contributed by atoms with van der Waals surface area (Å²) in [6.07, 6.45) is 1.46. The Kier molecular flexibility index (Phi) is 5.89. The number of hydrogen-bond donors (Lipinski definition) is 2. The molecular formula is C21H20N6O3S. The SMILES string of the molecule is COc1ccc(OC)c(NC(=O)Nc2ccccc2Sc2cc(C)nc3ncnn23)c1. The molecular weight excluding hydrogens is 416 g/mol. The predicted molar refractivity (Wildman–Crippen MR) is 118 cm³/mol. The number of amides is 2. The number of anilines is 2. The zero-order valence-corrected chi connectivity index (χ0v) is 17.9. The summed E-state index contributed by atoms with van der Waals surface area (Å²) in [4.78, 5) is 22.1. The lowest BCUT2D eigenvalue weighted by atomic mass is 10.2. The molecule has 0 radical (unpaired) electrons. The fourth-order valence-corrected chi connectivity index (χ4v) is 3.97. The van der Waals surface area contributed by atoms with Crippen LogP contribution in [0.25, 0.3) is 5.78 Å². The van der Waals surface area contributed by atoms with E-state index in [1.54, 1.807) is 36.9 Å². The third-order valence-corrected chi connectivity index (χ3v) is 5.43. The van der Waals surface area contributed by atoms with Crippen LogP contribution in [0.2, 0.25) is 0 Å². The monoisotopic (exact) mass is 436 g/mol. The summed E-state index contributed by atoms with van der Waals surface area (Å²) in [5.41, 5.74) is 1.98. The maximum Gasteiger partial charge on any atom is 0.323 e. The maximum atomic E-state index is 12.7. The summed E-state index contributed by atoms with van der Waals surface area (Å²) in [6.45, 7) is 1.90. The number of rotatable bonds is 6. The Morgan fingerprint density at radius 3 is 2.65 bits per heavy atom. The Hall–Kier alpha value is -3.79. The molecule has 0 saturated carbocycles. The molecule has 0 aliphatic heterocycles. The summed E-state index contributed by atoms with van der Waals surface area (Å²) in [5, 5.41) is 10.8. The molecule has 0 aliphatic rings. The molecule has 4 aromatic rings. The second-order valence-corrected chi connectivity index (χ2v) is 7.51. The Morgan fingerprint density at radius 1 is 1.03 bits per heavy atom. The van der Waals surface area contributed by atoms with Crippen LogP contribution in [0.5, 0.6) is 11.5 Å². The lowest BCUT2D eigenvalue weighted by Gasteiger charge is -2.14. The summed E-state index contributed by atoms with van der Waals surface area (Å²) in [5.74, 6) is 1.66. The van der Waals surface area contributed by atoms with Gasteiger partial charge in [-0.25, -0.2) is 9.78 Å². The third kappa shape index (κ3) is 4.53. The molecule has 2 amide bonds. The van der Waals surface area contributed by atoms with Gasteiger partial charge in [0.05, 0.1) is 25.6 Å². The standard InChI is InChI=1S/C21H20N6O3S/c1-13-10-19(27-20(24-13)22-12-23-27)31-18-7-5-4-6-15(18)25-21(28)26-16-11-14(29-2)8-9-17(16)30-3/h4-12H,1-3H3,(H2,25,26,28). The van der Waals surface area contributed by atoms with E-state index in [0.29, 0.717) is 28.7 Å². The van der Waals surface area contributed by atoms with E-state index in [9.17, 15) is 4.79 Å². The Morgan fingerprint density at radius 2 is 1.84 bits per heavy atom. The van der Waals surface area contributed by atoms with Crippen LogP contribution in [0.4, 0.5) is 16.2 Å². The van der Waals surface area contributed by atoms with Crippen LogP contribution in [0.1, 0.15) is 5.69 Å². The van der Waals surface area contributed by atoms with Gasteiger partial charge in [0.15, 0.2) is 0 Å². The molecule has 2 heterocycles. The molecule has 9 nitrogen and oxygen atoms in total. The van der Waals surface area contributed by atoms with Gasteiger partial charge < -0.3 is 20.1 Å². The van der Waals surface area contributed by atoms with Crippen molar-refractivity contribution in [2.45, 2.75) is 16.8 Å². The molecule has 2 aromatic carbocycles. The largest absolute Gasteiger partial charge is 0.497 e. The summed E-state index contributed by atoms with van der Waals surface area (Å²) in [6, 6.07) is 14.2. The van der Waals surface area contributed by atoms with E-state index in [0.717, 1.165) is 15.6 Å². The van der Waals surface area contributed by atoms with Crippen molar-refractivity contribution >= 4 is 34.9 Å². The Labute approximate surface area is 182 Å². The van der Waals surface area contributed by atoms with Crippen LogP contribution < -0.4 is 20.1 Å². The first-order chi connectivity index (χ1) is 15.1. The summed E-state index contributed by atoms with van der Waals surface area (Å²) < 4.78 is 12.2. The molecule has 31 heavy (non-hydrogen) atoms. The zero-order chi connectivity index (χ0) is 21.8. The van der Waals surface area contributed by atoms with Crippen molar-refractivity contribution in [3.63, 3.8) is 0 Å². The second kappa shape index (κ2) is 8.92. The lowest BCUT2D eigenvalue weighted by molar-refractivity contribution is 0.262. The molecule has 158 valence electrons. The number of para-hydroxylation sites is 1. The van der Waals surface area contributed by atoms with E-state index in [2.05, 4.69) is 25.7 Å². The van der Waals surface area contributed by atoms with Crippen molar-refractivity contribution in [2.24, 2.45) is 0 Å². The first-order valence-corrected chi connectivity index (χ1v) is 10.1. The molecule has 0 saturated heterocycles. The molecule has 4 rings (SSSR count). The molecule has 0 aliphatic carbocycles. The summed E-state index contributed by atoms with van der Waals surface area (Å²) in [7, 11) is 3.10. The number of nitrogens with zero attached hydrogens (tertiary/aromatic N) is 4. The Balaban J connectivity index is 1.57. The first kappa shape index (κ1) is 20.5. The number of carbonyl (C=O) groups excluding carboxylic acids is 1. The molecule has 0 atom stereocenters. The van der Waals surface area contributed by atoms with Gasteiger partial charge in [0.25, 0.3) is 5.78 Å². The number of benzene rings is 2. The Bertz CT molecular complexity index is 1240. The number of nitrogens with one attached hydrogen (secondary N) is 2. The van der Waals surface area contributed by atoms with Crippen LogP contribution in [0.3, 0.4) is 0 Å². The average molecular weight is 436 g/mol. The highest BCUT2D eigenvalue weighted by molar-refractivity contribution is 7.99. The average Bonchev–Trinajstić information content (AvgIpc) is 3.23. The van der Waals surface area contributed by atoms with Gasteiger partial charge in [-0.15, -0.1) is 0 Å². The van der Waals surface area contributed by atoms with Gasteiger partial charge in [0.1, 0.15) is 22.9 Å². The maximum absolute atomic E-state index is 12.7. The molecule has 0 spiro atoms. The third-order valence-electron chi connectivity index (χ3n) is 4.35. The van der Waals surface area contributed by atoms with E-state index in [4.69, 9.17) is 9.47 Å². The smallest absolute Gasteiger partial charge is 0.323 e. The van der Waals surface area contributed by atoms with Gasteiger partial charge in [-0.05, 0) is 37.3 Å². The fraction of sp³-hybridized carbons (Fsp3) is 0.143. The van der Waals surface area contributed by atoms with E-state index >= 15 is 0 Å². The first-order valence-electron chi connectivity index (χ1n) is 9.31. The van der Waals surface area contributed by atoms with E-state index in [1.807, 2.05) is 37.3 Å². The van der Waals surface area contributed by atoms with Crippen molar-refractivity contribution in [1.29, 1.82) is 0 Å². The molecule has 0 bridgehead atoms. The molecule has 10 heteroatoms. The summed E-state index contributed by atoms with van der Waals surface area (Å²) >= 11 is 1.46. The minimum atomic E-state index is -0.406. The van der Waals surface area contributed by atoms with Gasteiger partial charge >= 0.3 is 6.03 Å². The number of aromatic nitrogens is 4. The number of ether oxygens (including phenoxy) is 2. The minimum absolute atomic E-state index is 0.406. The van der Waals surface area contributed by atoms with Crippen molar-refractivity contribution in [1.82, 2.24) is 19.6 Å². The van der Waals surface area contributed by atoms with Crippen molar-refractivity contribution < 1.29 is 14.3 Å². The van der Waals surface area contributed by atoms with Gasteiger partial charge in [-0.3, -0.25) is 0 Å². The van der Waals surface area contributed by atoms with Gasteiger partial charge in [0.2, 0.25) is 0 Å². The van der Waals surface area contributed by atoms with Crippen molar-refractivity contribution in [3.05, 3.63) is 60.6 Å². The molecule has 0 fully saturated rings. The second-order valence-electron chi connectivity index (χ2n) is 6.45. The number of aryl methyl sites for hydroxylation is 1. The van der Waals surface area contributed by atoms with Crippen LogP contribution in [0.15, 0.2) is 64.8 Å². The number of carbonyl (C=O) groups is 1. The van der Waals surface area contributed by atoms with Crippen molar-refractivity contribution in [2.75, 3.05) is 24.9 Å². The van der Waals surface area contributed by atoms with Gasteiger partial charge in [-0.1, -0.05) is 23.9 Å². The predicted octanol–water partition coefficient (Wildman–Crippen LogP) is 4.25. The van der Waals surface area contributed by atoms with E-state index in [-0.39, 0.29) is 0 Å². The van der Waals surface area contributed by atoms with Crippen molar-refractivity contribution in [3.8, 4) is 11.5 Å². The topological polar surface area (TPSA) is 103 Å². The number of fused-ring (bicyclic) bond motifs is 1. The van der Waals surface area contributed by atoms with E-state index < -0.39 is 6.03 Å². The quantitative estimate of drug-likeness (QED) is 0.436. The van der Waals surface area contributed by atoms with Gasteiger partial charge in [-0.2, -0.15) is 14.6 Å². The normalized spacial score (nSPS) is 10.7. The molecule has 2 N–H and O–H groups in total. The molecule has 2 aromatic heterocycles. The van der Waals surface area contributed by atoms with Crippen LogP contribution >= 0.6 is 11.8 Å². The van der Waals surface area contributed by atoms with E-state index in [1.165, 1.54) is 18.1 Å². The number of hydrogen-bond acceptors (Lipinski definition) is 7. The highest BCUT2D eigenvalue weighted by atomic mass is 32.2.